The van der Waals surface area contributed by atoms with E-state index in [1.807, 2.05) is 0 Å². The van der Waals surface area contributed by atoms with E-state index in [2.05, 4.69) is 4.98 Å². The van der Waals surface area contributed by atoms with Crippen LogP contribution in [0.2, 0.25) is 0 Å². The van der Waals surface area contributed by atoms with Crippen molar-refractivity contribution in [2.24, 2.45) is 0 Å². The molecule has 0 radical (unpaired) electrons. The Labute approximate surface area is 128 Å². The number of carboxylic acid groups (broad SMARTS) is 1. The molecule has 1 amide bonds. The van der Waals surface area contributed by atoms with Gasteiger partial charge in [0, 0.05) is 24.2 Å². The zero-order valence-corrected chi connectivity index (χ0v) is 12.6. The second-order valence-corrected chi connectivity index (χ2v) is 6.10. The number of fused-ring (bicyclic) bond motifs is 1. The zero-order valence-electron chi connectivity index (χ0n) is 12.6. The van der Waals surface area contributed by atoms with E-state index in [0.717, 1.165) is 31.4 Å². The largest absolute Gasteiger partial charge is 0.480 e. The summed E-state index contributed by atoms with van der Waals surface area (Å²) in [5.41, 5.74) is 2.51. The first-order valence-corrected chi connectivity index (χ1v) is 7.79. The number of nitrogens with one attached hydrogen (secondary N) is 1. The molecule has 1 atom stereocenters. The maximum atomic E-state index is 12.8. The van der Waals surface area contributed by atoms with Crippen LogP contribution < -0.4 is 0 Å². The molecule has 3 rings (SSSR count). The number of aromatic amines is 1. The van der Waals surface area contributed by atoms with Crippen LogP contribution in [0.25, 0.3) is 0 Å². The molecule has 118 valence electrons. The lowest BCUT2D eigenvalue weighted by Gasteiger charge is -2.32. The predicted molar refractivity (Wildman–Crippen MR) is 79.1 cm³/mol. The molecule has 1 aromatic heterocycles. The molecule has 0 bridgehead atoms. The van der Waals surface area contributed by atoms with E-state index in [1.165, 1.54) is 4.90 Å². The van der Waals surface area contributed by atoms with Crippen LogP contribution in [0.5, 0.6) is 0 Å². The summed E-state index contributed by atoms with van der Waals surface area (Å²) in [5, 5.41) is 9.32. The normalized spacial score (nSPS) is 21.6. The summed E-state index contributed by atoms with van der Waals surface area (Å²) in [6.45, 7) is 2.22. The number of Topliss-reactive ketones (excluding diaryl/α,β-unsaturated/α-hetero) is 1. The SMILES string of the molecule is Cc1c(C(=O)N2CCCCC2C(=O)O)[nH]c2c1C(=O)CCC2. The summed E-state index contributed by atoms with van der Waals surface area (Å²) in [5.74, 6) is -1.19. The minimum absolute atomic E-state index is 0.0717. The van der Waals surface area contributed by atoms with Crippen molar-refractivity contribution in [3.8, 4) is 0 Å². The fraction of sp³-hybridized carbons (Fsp3) is 0.562. The lowest BCUT2D eigenvalue weighted by atomic mass is 9.93. The zero-order chi connectivity index (χ0) is 15.9. The molecular weight excluding hydrogens is 284 g/mol. The Morgan fingerprint density at radius 3 is 2.68 bits per heavy atom. The minimum Gasteiger partial charge on any atom is -0.480 e. The van der Waals surface area contributed by atoms with Crippen LogP contribution in [0.15, 0.2) is 0 Å². The summed E-state index contributed by atoms with van der Waals surface area (Å²) in [4.78, 5) is 40.7. The number of hydrogen-bond donors (Lipinski definition) is 2. The van der Waals surface area contributed by atoms with Crippen LogP contribution in [0.1, 0.15) is 64.2 Å². The van der Waals surface area contributed by atoms with Crippen molar-refractivity contribution in [1.82, 2.24) is 9.88 Å². The van der Waals surface area contributed by atoms with Crippen LogP contribution in [0.3, 0.4) is 0 Å². The number of likely N-dealkylation sites (tertiary alicyclic amines) is 1. The summed E-state index contributed by atoms with van der Waals surface area (Å²) < 4.78 is 0. The Balaban J connectivity index is 1.95. The maximum Gasteiger partial charge on any atom is 0.326 e. The second-order valence-electron chi connectivity index (χ2n) is 6.10. The molecule has 6 heteroatoms. The van der Waals surface area contributed by atoms with Gasteiger partial charge in [0.05, 0.1) is 0 Å². The number of nitrogens with zero attached hydrogens (tertiary/aromatic N) is 1. The fourth-order valence-corrected chi connectivity index (χ4v) is 3.56. The maximum absolute atomic E-state index is 12.8. The molecule has 1 aliphatic carbocycles. The van der Waals surface area contributed by atoms with E-state index in [4.69, 9.17) is 0 Å². The topological polar surface area (TPSA) is 90.5 Å². The second kappa shape index (κ2) is 5.59. The summed E-state index contributed by atoms with van der Waals surface area (Å²) in [6.07, 6.45) is 4.19. The van der Waals surface area contributed by atoms with E-state index in [1.54, 1.807) is 6.92 Å². The number of piperidine rings is 1. The van der Waals surface area contributed by atoms with E-state index in [9.17, 15) is 19.5 Å². The highest BCUT2D eigenvalue weighted by molar-refractivity contribution is 6.04. The van der Waals surface area contributed by atoms with Gasteiger partial charge in [-0.15, -0.1) is 0 Å². The monoisotopic (exact) mass is 304 g/mol. The molecule has 1 saturated heterocycles. The van der Waals surface area contributed by atoms with Crippen molar-refractivity contribution in [3.63, 3.8) is 0 Å². The number of aryl methyl sites for hydroxylation is 1. The molecular formula is C16H20N2O4. The average Bonchev–Trinajstić information content (AvgIpc) is 2.85. The van der Waals surface area contributed by atoms with Crippen LogP contribution in [0, 0.1) is 6.92 Å². The molecule has 1 aliphatic heterocycles. The highest BCUT2D eigenvalue weighted by atomic mass is 16.4. The number of aromatic nitrogens is 1. The molecule has 6 nitrogen and oxygen atoms in total. The van der Waals surface area contributed by atoms with Gasteiger partial charge in [-0.1, -0.05) is 0 Å². The standard InChI is InChI=1S/C16H20N2O4/c1-9-13-10(5-4-7-12(13)19)17-14(9)15(20)18-8-3-2-6-11(18)16(21)22/h11,17H,2-8H2,1H3,(H,21,22). The van der Waals surface area contributed by atoms with Crippen molar-refractivity contribution in [2.75, 3.05) is 6.54 Å². The molecule has 22 heavy (non-hydrogen) atoms. The number of rotatable bonds is 2. The minimum atomic E-state index is -0.960. The molecule has 2 aliphatic rings. The van der Waals surface area contributed by atoms with E-state index < -0.39 is 12.0 Å². The van der Waals surface area contributed by atoms with Gasteiger partial charge in [-0.2, -0.15) is 0 Å². The first-order chi connectivity index (χ1) is 10.5. The summed E-state index contributed by atoms with van der Waals surface area (Å²) >= 11 is 0. The van der Waals surface area contributed by atoms with Gasteiger partial charge in [0.15, 0.2) is 5.78 Å². The third-order valence-electron chi connectivity index (χ3n) is 4.70. The number of ketones is 1. The molecule has 2 N–H and O–H groups in total. The Hall–Kier alpha value is -2.11. The van der Waals surface area contributed by atoms with Crippen molar-refractivity contribution in [2.45, 2.75) is 51.5 Å². The number of aliphatic carboxylic acids is 1. The molecule has 1 fully saturated rings. The number of carbonyl (C=O) groups excluding carboxylic acids is 2. The van der Waals surface area contributed by atoms with E-state index in [0.29, 0.717) is 36.2 Å². The number of carboxylic acids is 1. The molecule has 2 heterocycles. The number of hydrogen-bond acceptors (Lipinski definition) is 3. The smallest absolute Gasteiger partial charge is 0.326 e. The van der Waals surface area contributed by atoms with Crippen LogP contribution >= 0.6 is 0 Å². The molecule has 0 saturated carbocycles. The Morgan fingerprint density at radius 1 is 1.23 bits per heavy atom. The predicted octanol–water partition coefficient (Wildman–Crippen LogP) is 1.92. The van der Waals surface area contributed by atoms with Crippen molar-refractivity contribution in [3.05, 3.63) is 22.5 Å². The molecule has 0 spiro atoms. The highest BCUT2D eigenvalue weighted by Crippen LogP contribution is 2.28. The van der Waals surface area contributed by atoms with Gasteiger partial charge in [-0.25, -0.2) is 4.79 Å². The lowest BCUT2D eigenvalue weighted by molar-refractivity contribution is -0.143. The number of amides is 1. The molecule has 0 aromatic carbocycles. The summed E-state index contributed by atoms with van der Waals surface area (Å²) in [6, 6.07) is -0.767. The third-order valence-corrected chi connectivity index (χ3v) is 4.70. The van der Waals surface area contributed by atoms with E-state index >= 15 is 0 Å². The van der Waals surface area contributed by atoms with Gasteiger partial charge in [-0.05, 0) is 44.6 Å². The number of H-pyrrole nitrogens is 1. The first kappa shape index (κ1) is 14.8. The molecule has 1 aromatic rings. The van der Waals surface area contributed by atoms with Crippen LogP contribution in [-0.2, 0) is 11.2 Å². The van der Waals surface area contributed by atoms with Crippen LogP contribution in [-0.4, -0.2) is 45.2 Å². The Morgan fingerprint density at radius 2 is 2.00 bits per heavy atom. The highest BCUT2D eigenvalue weighted by Gasteiger charge is 2.35. The summed E-state index contributed by atoms with van der Waals surface area (Å²) in [7, 11) is 0. The Kier molecular flexibility index (Phi) is 3.76. The first-order valence-electron chi connectivity index (χ1n) is 7.79. The van der Waals surface area contributed by atoms with E-state index in [-0.39, 0.29) is 11.7 Å². The third kappa shape index (κ3) is 2.32. The quantitative estimate of drug-likeness (QED) is 0.873. The van der Waals surface area contributed by atoms with Crippen molar-refractivity contribution in [1.29, 1.82) is 0 Å². The average molecular weight is 304 g/mol. The van der Waals surface area contributed by atoms with Gasteiger partial charge in [0.25, 0.3) is 5.91 Å². The van der Waals surface area contributed by atoms with Crippen molar-refractivity contribution < 1.29 is 19.5 Å². The van der Waals surface area contributed by atoms with Gasteiger partial charge in [-0.3, -0.25) is 9.59 Å². The lowest BCUT2D eigenvalue weighted by Crippen LogP contribution is -2.48. The Bertz CT molecular complexity index is 647. The van der Waals surface area contributed by atoms with Gasteiger partial charge < -0.3 is 15.0 Å². The molecule has 1 unspecified atom stereocenters. The van der Waals surface area contributed by atoms with Gasteiger partial charge in [0.1, 0.15) is 11.7 Å². The van der Waals surface area contributed by atoms with Gasteiger partial charge >= 0.3 is 5.97 Å². The van der Waals surface area contributed by atoms with Crippen LogP contribution in [0.4, 0.5) is 0 Å². The number of carbonyl (C=O) groups is 3. The van der Waals surface area contributed by atoms with Gasteiger partial charge in [0.2, 0.25) is 0 Å². The fourth-order valence-electron chi connectivity index (χ4n) is 3.56. The van der Waals surface area contributed by atoms with Crippen molar-refractivity contribution >= 4 is 17.7 Å².